The van der Waals surface area contributed by atoms with Gasteiger partial charge in [0, 0.05) is 22.7 Å². The standard InChI is InChI=1S/C40H35N5O12/c1-43-33-18-27(42-40(47)57-22-25-16-35(53-3)37(55-5)20-32(25)45(50)51)12-14-29(33)28-13-11-26(17-30(28)38(43)23-9-7-6-8-10-23)41-39(46)56-21-24-15-34(52-2)36(54-4)19-31(24)44(48)49/h6-20H,21-22H2,1-5H3,(H,41,46)/p+1. The number of hydrogen-bond acceptors (Lipinski definition) is 12. The summed E-state index contributed by atoms with van der Waals surface area (Å²) in [6, 6.07) is 25.4. The zero-order valence-corrected chi connectivity index (χ0v) is 31.3. The van der Waals surface area contributed by atoms with Crippen LogP contribution in [0.15, 0.2) is 91.0 Å². The molecule has 2 N–H and O–H groups in total. The first-order valence-electron chi connectivity index (χ1n) is 17.1. The van der Waals surface area contributed by atoms with Crippen LogP contribution in [0, 0.1) is 20.2 Å². The van der Waals surface area contributed by atoms with Crippen LogP contribution in [-0.4, -0.2) is 50.5 Å². The molecule has 0 aliphatic carbocycles. The van der Waals surface area contributed by atoms with Gasteiger partial charge in [-0.3, -0.25) is 30.9 Å². The number of carbonyl (C=O) groups is 2. The third kappa shape index (κ3) is 8.21. The van der Waals surface area contributed by atoms with Crippen LogP contribution in [0.3, 0.4) is 0 Å². The van der Waals surface area contributed by atoms with E-state index in [1.807, 2.05) is 54.1 Å². The molecule has 0 fully saturated rings. The van der Waals surface area contributed by atoms with Crippen molar-refractivity contribution in [1.29, 1.82) is 0 Å². The quantitative estimate of drug-likeness (QED) is 0.0498. The van der Waals surface area contributed by atoms with Crippen molar-refractivity contribution in [2.75, 3.05) is 39.1 Å². The third-order valence-electron chi connectivity index (χ3n) is 9.08. The van der Waals surface area contributed by atoms with Crippen molar-refractivity contribution in [3.8, 4) is 34.3 Å². The lowest BCUT2D eigenvalue weighted by Gasteiger charge is -2.14. The maximum atomic E-state index is 13.0. The van der Waals surface area contributed by atoms with E-state index < -0.39 is 35.2 Å². The van der Waals surface area contributed by atoms with Crippen molar-refractivity contribution < 1.29 is 52.4 Å². The topological polar surface area (TPSA) is 204 Å². The highest BCUT2D eigenvalue weighted by atomic mass is 16.6. The molecule has 0 aliphatic heterocycles. The summed E-state index contributed by atoms with van der Waals surface area (Å²) in [6.07, 6.45) is -1.68. The molecular formula is C40H36N5O12+. The fourth-order valence-electron chi connectivity index (χ4n) is 6.40. The van der Waals surface area contributed by atoms with Crippen LogP contribution in [0.4, 0.5) is 32.3 Å². The first-order valence-corrected chi connectivity index (χ1v) is 17.1. The second-order valence-corrected chi connectivity index (χ2v) is 12.4. The second kappa shape index (κ2) is 16.8. The van der Waals surface area contributed by atoms with Crippen molar-refractivity contribution in [3.05, 3.63) is 122 Å². The van der Waals surface area contributed by atoms with Gasteiger partial charge in [0.05, 0.1) is 78.0 Å². The maximum Gasteiger partial charge on any atom is 0.411 e. The molecule has 0 radical (unpaired) electrons. The van der Waals surface area contributed by atoms with Crippen molar-refractivity contribution >= 4 is 56.6 Å². The molecule has 17 nitrogen and oxygen atoms in total. The average molecular weight is 779 g/mol. The summed E-state index contributed by atoms with van der Waals surface area (Å²) in [7, 11) is 7.37. The van der Waals surface area contributed by atoms with Crippen LogP contribution in [0.25, 0.3) is 32.9 Å². The highest BCUT2D eigenvalue weighted by molar-refractivity contribution is 6.11. The highest BCUT2D eigenvalue weighted by Gasteiger charge is 2.25. The number of ether oxygens (including phenoxy) is 6. The molecule has 5 aromatic carbocycles. The van der Waals surface area contributed by atoms with E-state index in [-0.39, 0.29) is 45.5 Å². The second-order valence-electron chi connectivity index (χ2n) is 12.4. The fourth-order valence-corrected chi connectivity index (χ4v) is 6.40. The largest absolute Gasteiger partial charge is 0.493 e. The summed E-state index contributed by atoms with van der Waals surface area (Å²) in [6.45, 7) is -0.822. The number of rotatable bonds is 13. The number of nitrogens with zero attached hydrogens (tertiary/aromatic N) is 3. The molecule has 1 heterocycles. The average Bonchev–Trinajstić information content (AvgIpc) is 3.21. The normalized spacial score (nSPS) is 10.8. The monoisotopic (exact) mass is 778 g/mol. The van der Waals surface area contributed by atoms with E-state index in [0.717, 1.165) is 32.9 Å². The molecule has 1 aromatic heterocycles. The number of pyridine rings is 1. The molecule has 0 unspecified atom stereocenters. The van der Waals surface area contributed by atoms with E-state index in [4.69, 9.17) is 28.4 Å². The third-order valence-corrected chi connectivity index (χ3v) is 9.08. The molecule has 0 spiro atoms. The van der Waals surface area contributed by atoms with Crippen LogP contribution >= 0.6 is 0 Å². The zero-order chi connectivity index (χ0) is 40.8. The number of benzene rings is 5. The number of amides is 2. The van der Waals surface area contributed by atoms with E-state index in [0.29, 0.717) is 11.4 Å². The Morgan fingerprint density at radius 1 is 0.596 bits per heavy atom. The van der Waals surface area contributed by atoms with Gasteiger partial charge in [-0.25, -0.2) is 9.59 Å². The van der Waals surface area contributed by atoms with Crippen LogP contribution in [0.1, 0.15) is 11.1 Å². The number of anilines is 2. The van der Waals surface area contributed by atoms with Crippen LogP contribution < -0.4 is 34.1 Å². The first-order chi connectivity index (χ1) is 27.5. The molecule has 0 bridgehead atoms. The van der Waals surface area contributed by atoms with Gasteiger partial charge in [-0.1, -0.05) is 24.3 Å². The van der Waals surface area contributed by atoms with Crippen LogP contribution in [0.2, 0.25) is 0 Å². The zero-order valence-electron chi connectivity index (χ0n) is 31.3. The first kappa shape index (κ1) is 39.0. The minimum atomic E-state index is -0.840. The summed E-state index contributed by atoms with van der Waals surface area (Å²) in [5.74, 6) is 0.812. The number of carbonyl (C=O) groups excluding carboxylic acids is 2. The number of nitro groups is 2. The van der Waals surface area contributed by atoms with E-state index >= 15 is 0 Å². The van der Waals surface area contributed by atoms with Gasteiger partial charge in [-0.2, -0.15) is 4.57 Å². The molecule has 0 atom stereocenters. The van der Waals surface area contributed by atoms with E-state index in [2.05, 4.69) is 10.6 Å². The minimum Gasteiger partial charge on any atom is -0.493 e. The number of methoxy groups -OCH3 is 4. The number of fused-ring (bicyclic) bond motifs is 3. The van der Waals surface area contributed by atoms with Gasteiger partial charge < -0.3 is 28.4 Å². The maximum absolute atomic E-state index is 13.0. The number of aryl methyl sites for hydroxylation is 1. The van der Waals surface area contributed by atoms with Crippen LogP contribution in [-0.2, 0) is 29.7 Å². The van der Waals surface area contributed by atoms with Gasteiger partial charge in [0.2, 0.25) is 11.2 Å². The van der Waals surface area contributed by atoms with Crippen molar-refractivity contribution in [3.63, 3.8) is 0 Å². The Morgan fingerprint density at radius 2 is 1.05 bits per heavy atom. The van der Waals surface area contributed by atoms with Crippen molar-refractivity contribution in [2.24, 2.45) is 7.05 Å². The number of hydrogen-bond donors (Lipinski definition) is 2. The summed E-state index contributed by atoms with van der Waals surface area (Å²) in [5.41, 5.74) is 2.83. The molecule has 0 saturated carbocycles. The Hall–Kier alpha value is -7.69. The SMILES string of the molecule is COc1cc(COC(=O)Nc2ccc3c(c2)c(-c2ccccc2)[n+](C)c2cc(NC(=O)OCc4cc(OC)c(OC)cc4[N+](=O)[O-])ccc32)c([N+](=O)[O-])cc1OC. The Bertz CT molecular complexity index is 2550. The number of nitro benzene ring substituents is 2. The molecule has 6 aromatic rings. The Balaban J connectivity index is 1.27. The number of aromatic nitrogens is 1. The summed E-state index contributed by atoms with van der Waals surface area (Å²) in [5, 5.41) is 31.3. The van der Waals surface area contributed by atoms with Crippen LogP contribution in [0.5, 0.6) is 23.0 Å². The molecule has 2 amide bonds. The van der Waals surface area contributed by atoms with Gasteiger partial charge in [-0.05, 0) is 48.5 Å². The molecule has 292 valence electrons. The summed E-state index contributed by atoms with van der Waals surface area (Å²) >= 11 is 0. The van der Waals surface area contributed by atoms with E-state index in [1.54, 1.807) is 24.3 Å². The van der Waals surface area contributed by atoms with E-state index in [1.165, 1.54) is 52.7 Å². The highest BCUT2D eigenvalue weighted by Crippen LogP contribution is 2.37. The predicted octanol–water partition coefficient (Wildman–Crippen LogP) is 7.83. The van der Waals surface area contributed by atoms with Gasteiger partial charge in [0.15, 0.2) is 23.0 Å². The molecule has 57 heavy (non-hydrogen) atoms. The van der Waals surface area contributed by atoms with Gasteiger partial charge in [0.1, 0.15) is 20.3 Å². The lowest BCUT2D eigenvalue weighted by molar-refractivity contribution is -0.632. The van der Waals surface area contributed by atoms with E-state index in [9.17, 15) is 29.8 Å². The van der Waals surface area contributed by atoms with Gasteiger partial charge in [0.25, 0.3) is 11.4 Å². The Morgan fingerprint density at radius 3 is 1.53 bits per heavy atom. The fraction of sp³-hybridized carbons (Fsp3) is 0.175. The molecule has 0 aliphatic rings. The predicted molar refractivity (Wildman–Crippen MR) is 208 cm³/mol. The smallest absolute Gasteiger partial charge is 0.411 e. The lowest BCUT2D eigenvalue weighted by Crippen LogP contribution is -2.32. The molecule has 0 saturated heterocycles. The van der Waals surface area contributed by atoms with Gasteiger partial charge in [-0.15, -0.1) is 0 Å². The Labute approximate surface area is 324 Å². The molecular weight excluding hydrogens is 742 g/mol. The minimum absolute atomic E-state index is 0.111. The van der Waals surface area contributed by atoms with Crippen molar-refractivity contribution in [1.82, 2.24) is 0 Å². The molecule has 6 rings (SSSR count). The van der Waals surface area contributed by atoms with Gasteiger partial charge >= 0.3 is 12.2 Å². The van der Waals surface area contributed by atoms with Crippen molar-refractivity contribution in [2.45, 2.75) is 13.2 Å². The lowest BCUT2D eigenvalue weighted by atomic mass is 9.98. The Kier molecular flexibility index (Phi) is 11.5. The number of nitrogens with one attached hydrogen (secondary N) is 2. The summed E-state index contributed by atoms with van der Waals surface area (Å²) in [4.78, 5) is 48.2. The summed E-state index contributed by atoms with van der Waals surface area (Å²) < 4.78 is 33.6. The molecule has 17 heteroatoms.